The van der Waals surface area contributed by atoms with E-state index in [4.69, 9.17) is 18.6 Å². The van der Waals surface area contributed by atoms with Crippen LogP contribution in [-0.2, 0) is 0 Å². The van der Waals surface area contributed by atoms with E-state index >= 15 is 0 Å². The number of benzene rings is 2. The minimum absolute atomic E-state index is 0.159. The van der Waals surface area contributed by atoms with Gasteiger partial charge >= 0.3 is 5.63 Å². The summed E-state index contributed by atoms with van der Waals surface area (Å²) in [4.78, 5) is 12.7. The summed E-state index contributed by atoms with van der Waals surface area (Å²) in [6.45, 7) is 1.90. The lowest BCUT2D eigenvalue weighted by molar-refractivity contribution is -0.124. The molecular formula is C20H16O5. The van der Waals surface area contributed by atoms with E-state index in [1.54, 1.807) is 13.2 Å². The van der Waals surface area contributed by atoms with Gasteiger partial charge in [-0.05, 0) is 30.3 Å². The second-order valence-electron chi connectivity index (χ2n) is 6.63. The Hall–Kier alpha value is -2.95. The summed E-state index contributed by atoms with van der Waals surface area (Å²) in [5.74, 6) is 1.00. The highest BCUT2D eigenvalue weighted by atomic mass is 16.7. The SMILES string of the molecule is COc1ccc2c(c1)[C@@H]1C[C@](C)(O2)Oc2c1c(=O)oc1ccccc21. The molecule has 25 heavy (non-hydrogen) atoms. The van der Waals surface area contributed by atoms with Crippen molar-refractivity contribution in [3.8, 4) is 17.2 Å². The molecule has 2 aliphatic heterocycles. The molecule has 2 bridgehead atoms. The highest BCUT2D eigenvalue weighted by Crippen LogP contribution is 2.52. The van der Waals surface area contributed by atoms with Gasteiger partial charge < -0.3 is 18.6 Å². The van der Waals surface area contributed by atoms with E-state index in [2.05, 4.69) is 0 Å². The van der Waals surface area contributed by atoms with Crippen LogP contribution in [0.4, 0.5) is 0 Å². The zero-order valence-corrected chi connectivity index (χ0v) is 13.9. The van der Waals surface area contributed by atoms with Crippen molar-refractivity contribution in [1.82, 2.24) is 0 Å². The zero-order chi connectivity index (χ0) is 17.2. The number of rotatable bonds is 1. The van der Waals surface area contributed by atoms with Crippen LogP contribution in [0.3, 0.4) is 0 Å². The van der Waals surface area contributed by atoms with Crippen molar-refractivity contribution in [1.29, 1.82) is 0 Å². The van der Waals surface area contributed by atoms with Crippen molar-refractivity contribution < 1.29 is 18.6 Å². The van der Waals surface area contributed by atoms with E-state index in [-0.39, 0.29) is 11.5 Å². The first-order valence-corrected chi connectivity index (χ1v) is 8.20. The fraction of sp³-hybridized carbons (Fsp3) is 0.250. The average molecular weight is 336 g/mol. The summed E-state index contributed by atoms with van der Waals surface area (Å²) in [6, 6.07) is 13.0. The summed E-state index contributed by atoms with van der Waals surface area (Å²) in [7, 11) is 1.62. The molecule has 0 aliphatic carbocycles. The molecule has 2 aromatic carbocycles. The largest absolute Gasteiger partial charge is 0.497 e. The van der Waals surface area contributed by atoms with Crippen LogP contribution >= 0.6 is 0 Å². The lowest BCUT2D eigenvalue weighted by atomic mass is 9.81. The van der Waals surface area contributed by atoms with Gasteiger partial charge in [-0.1, -0.05) is 12.1 Å². The molecule has 3 aromatic rings. The molecule has 0 fully saturated rings. The van der Waals surface area contributed by atoms with Crippen molar-refractivity contribution in [2.45, 2.75) is 25.0 Å². The summed E-state index contributed by atoms with van der Waals surface area (Å²) in [5.41, 5.74) is 1.62. The topological polar surface area (TPSA) is 57.9 Å². The van der Waals surface area contributed by atoms with Crippen LogP contribution < -0.4 is 19.8 Å². The standard InChI is InChI=1S/C20H16O5/c1-20-10-14(13-9-11(22-2)7-8-16(13)24-20)17-18(25-20)12-5-3-4-6-15(12)23-19(17)21/h3-9,14H,10H2,1-2H3/t14-,20+/m0/s1. The molecule has 2 aliphatic rings. The van der Waals surface area contributed by atoms with E-state index in [0.717, 1.165) is 16.7 Å². The maximum absolute atomic E-state index is 12.7. The zero-order valence-electron chi connectivity index (χ0n) is 13.9. The van der Waals surface area contributed by atoms with Gasteiger partial charge in [-0.3, -0.25) is 0 Å². The first-order chi connectivity index (χ1) is 12.1. The molecule has 3 heterocycles. The van der Waals surface area contributed by atoms with Crippen LogP contribution in [0.5, 0.6) is 17.2 Å². The predicted octanol–water partition coefficient (Wildman–Crippen LogP) is 3.82. The smallest absolute Gasteiger partial charge is 0.343 e. The Morgan fingerprint density at radius 2 is 2.00 bits per heavy atom. The van der Waals surface area contributed by atoms with Crippen molar-refractivity contribution in [3.05, 3.63) is 64.0 Å². The van der Waals surface area contributed by atoms with Gasteiger partial charge in [-0.15, -0.1) is 0 Å². The highest BCUT2D eigenvalue weighted by Gasteiger charge is 2.47. The summed E-state index contributed by atoms with van der Waals surface area (Å²) in [6.07, 6.45) is 0.545. The molecule has 126 valence electrons. The van der Waals surface area contributed by atoms with Gasteiger partial charge in [0.1, 0.15) is 22.8 Å². The predicted molar refractivity (Wildman–Crippen MR) is 91.6 cm³/mol. The molecule has 0 unspecified atom stereocenters. The van der Waals surface area contributed by atoms with Gasteiger partial charge in [0.05, 0.1) is 18.1 Å². The normalized spacial score (nSPS) is 23.2. The van der Waals surface area contributed by atoms with Crippen LogP contribution in [0, 0.1) is 0 Å². The van der Waals surface area contributed by atoms with Crippen molar-refractivity contribution in [3.63, 3.8) is 0 Å². The molecule has 5 heteroatoms. The van der Waals surface area contributed by atoms with Crippen molar-refractivity contribution in [2.75, 3.05) is 7.11 Å². The first kappa shape index (κ1) is 14.4. The molecule has 0 radical (unpaired) electrons. The van der Waals surface area contributed by atoms with Gasteiger partial charge in [-0.25, -0.2) is 4.79 Å². The quantitative estimate of drug-likeness (QED) is 0.632. The Labute approximate surface area is 143 Å². The number of methoxy groups -OCH3 is 1. The lowest BCUT2D eigenvalue weighted by Gasteiger charge is -2.44. The van der Waals surface area contributed by atoms with E-state index in [9.17, 15) is 4.79 Å². The molecule has 0 N–H and O–H groups in total. The maximum atomic E-state index is 12.7. The summed E-state index contributed by atoms with van der Waals surface area (Å²) >= 11 is 0. The molecular weight excluding hydrogens is 320 g/mol. The molecule has 5 nitrogen and oxygen atoms in total. The molecule has 0 saturated heterocycles. The third-order valence-corrected chi connectivity index (χ3v) is 4.96. The third kappa shape index (κ3) is 1.98. The van der Waals surface area contributed by atoms with Crippen LogP contribution in [0.1, 0.15) is 30.4 Å². The number of ether oxygens (including phenoxy) is 3. The van der Waals surface area contributed by atoms with Crippen LogP contribution in [0.25, 0.3) is 11.0 Å². The molecule has 2 atom stereocenters. The Kier molecular flexibility index (Phi) is 2.76. The molecule has 5 rings (SSSR count). The maximum Gasteiger partial charge on any atom is 0.343 e. The average Bonchev–Trinajstić information content (AvgIpc) is 2.60. The Morgan fingerprint density at radius 3 is 2.84 bits per heavy atom. The fourth-order valence-corrected chi connectivity index (χ4v) is 3.86. The molecule has 0 saturated carbocycles. The van der Waals surface area contributed by atoms with Crippen LogP contribution in [0.15, 0.2) is 51.7 Å². The van der Waals surface area contributed by atoms with E-state index in [1.807, 2.05) is 43.3 Å². The summed E-state index contributed by atoms with van der Waals surface area (Å²) < 4.78 is 23.2. The minimum Gasteiger partial charge on any atom is -0.497 e. The highest BCUT2D eigenvalue weighted by molar-refractivity contribution is 5.85. The van der Waals surface area contributed by atoms with Gasteiger partial charge in [0.2, 0.25) is 5.79 Å². The number of hydrogen-bond acceptors (Lipinski definition) is 5. The van der Waals surface area contributed by atoms with Crippen LogP contribution in [0.2, 0.25) is 0 Å². The molecule has 0 spiro atoms. The van der Waals surface area contributed by atoms with E-state index in [0.29, 0.717) is 29.1 Å². The Morgan fingerprint density at radius 1 is 1.16 bits per heavy atom. The van der Waals surface area contributed by atoms with Gasteiger partial charge in [0.15, 0.2) is 0 Å². The van der Waals surface area contributed by atoms with Crippen molar-refractivity contribution >= 4 is 11.0 Å². The lowest BCUT2D eigenvalue weighted by Crippen LogP contribution is -2.48. The first-order valence-electron chi connectivity index (χ1n) is 8.20. The number of hydrogen-bond donors (Lipinski definition) is 0. The van der Waals surface area contributed by atoms with E-state index in [1.165, 1.54) is 0 Å². The minimum atomic E-state index is -0.824. The van der Waals surface area contributed by atoms with E-state index < -0.39 is 5.79 Å². The van der Waals surface area contributed by atoms with Crippen LogP contribution in [-0.4, -0.2) is 12.9 Å². The van der Waals surface area contributed by atoms with Gasteiger partial charge in [0.25, 0.3) is 0 Å². The van der Waals surface area contributed by atoms with Gasteiger partial charge in [-0.2, -0.15) is 0 Å². The monoisotopic (exact) mass is 336 g/mol. The third-order valence-electron chi connectivity index (χ3n) is 4.96. The second-order valence-corrected chi connectivity index (χ2v) is 6.63. The van der Waals surface area contributed by atoms with Crippen molar-refractivity contribution in [2.24, 2.45) is 0 Å². The Bertz CT molecular complexity index is 1070. The molecule has 0 amide bonds. The second kappa shape index (κ2) is 4.79. The van der Waals surface area contributed by atoms with Gasteiger partial charge in [0, 0.05) is 24.8 Å². The Balaban J connectivity index is 1.84. The molecule has 1 aromatic heterocycles. The number of fused-ring (bicyclic) bond motifs is 8. The number of para-hydroxylation sites is 1. The summed E-state index contributed by atoms with van der Waals surface area (Å²) in [5, 5.41) is 0.781. The fourth-order valence-electron chi connectivity index (χ4n) is 3.86.